The molecule has 1 N–H and O–H groups in total. The minimum absolute atomic E-state index is 0.147. The summed E-state index contributed by atoms with van der Waals surface area (Å²) in [4.78, 5) is 30.0. The lowest BCUT2D eigenvalue weighted by Crippen LogP contribution is -2.12. The summed E-state index contributed by atoms with van der Waals surface area (Å²) in [6, 6.07) is 19.7. The number of anilines is 1. The fourth-order valence-corrected chi connectivity index (χ4v) is 3.77. The average molecular weight is 417 g/mol. The Morgan fingerprint density at radius 2 is 1.83 bits per heavy atom. The number of hydrogen-bond donors (Lipinski definition) is 1. The number of aryl methyl sites for hydroxylation is 1. The van der Waals surface area contributed by atoms with Crippen LogP contribution >= 0.6 is 11.8 Å². The molecule has 0 unspecified atom stereocenters. The van der Waals surface area contributed by atoms with Crippen molar-refractivity contribution in [1.29, 1.82) is 5.26 Å². The second-order valence-corrected chi connectivity index (χ2v) is 7.27. The van der Waals surface area contributed by atoms with Gasteiger partial charge in [0, 0.05) is 16.2 Å². The predicted octanol–water partition coefficient (Wildman–Crippen LogP) is 4.84. The van der Waals surface area contributed by atoms with Gasteiger partial charge in [-0.3, -0.25) is 4.79 Å². The van der Waals surface area contributed by atoms with Crippen molar-refractivity contribution in [1.82, 2.24) is 4.98 Å². The molecule has 2 aromatic carbocycles. The minimum atomic E-state index is -0.563. The van der Waals surface area contributed by atoms with Crippen LogP contribution in [0.3, 0.4) is 0 Å². The summed E-state index contributed by atoms with van der Waals surface area (Å²) in [7, 11) is 0. The van der Waals surface area contributed by atoms with Crippen molar-refractivity contribution < 1.29 is 14.3 Å². The van der Waals surface area contributed by atoms with E-state index in [1.807, 2.05) is 24.3 Å². The van der Waals surface area contributed by atoms with Gasteiger partial charge in [-0.1, -0.05) is 42.1 Å². The molecule has 0 aliphatic rings. The number of nitrogens with zero attached hydrogens (tertiary/aromatic N) is 2. The van der Waals surface area contributed by atoms with E-state index in [4.69, 9.17) is 4.74 Å². The summed E-state index contributed by atoms with van der Waals surface area (Å²) >= 11 is 1.21. The van der Waals surface area contributed by atoms with E-state index < -0.39 is 5.97 Å². The normalized spacial score (nSPS) is 10.2. The van der Waals surface area contributed by atoms with Crippen LogP contribution < -0.4 is 5.32 Å². The molecule has 0 saturated carbocycles. The molecular formula is C23H19N3O3S. The van der Waals surface area contributed by atoms with E-state index in [1.165, 1.54) is 11.8 Å². The van der Waals surface area contributed by atoms with E-state index in [-0.39, 0.29) is 23.6 Å². The van der Waals surface area contributed by atoms with E-state index in [1.54, 1.807) is 50.2 Å². The van der Waals surface area contributed by atoms with Crippen molar-refractivity contribution in [3.8, 4) is 6.07 Å². The van der Waals surface area contributed by atoms with Crippen molar-refractivity contribution >= 4 is 29.3 Å². The first-order valence-electron chi connectivity index (χ1n) is 9.25. The second kappa shape index (κ2) is 9.72. The van der Waals surface area contributed by atoms with Gasteiger partial charge in [-0.2, -0.15) is 5.26 Å². The molecule has 0 bridgehead atoms. The topological polar surface area (TPSA) is 92.1 Å². The molecule has 0 spiro atoms. The predicted molar refractivity (Wildman–Crippen MR) is 115 cm³/mol. The lowest BCUT2D eigenvalue weighted by atomic mass is 10.1. The number of para-hydroxylation sites is 1. The highest BCUT2D eigenvalue weighted by atomic mass is 32.2. The van der Waals surface area contributed by atoms with Crippen molar-refractivity contribution in [3.05, 3.63) is 83.0 Å². The van der Waals surface area contributed by atoms with Gasteiger partial charge in [0.1, 0.15) is 11.1 Å². The Bertz CT molecular complexity index is 1120. The number of esters is 1. The lowest BCUT2D eigenvalue weighted by molar-refractivity contribution is 0.0525. The second-order valence-electron chi connectivity index (χ2n) is 6.24. The molecule has 3 aromatic rings. The number of carbonyl (C=O) groups excluding carboxylic acids is 2. The summed E-state index contributed by atoms with van der Waals surface area (Å²) in [5.41, 5.74) is 2.04. The highest BCUT2D eigenvalue weighted by molar-refractivity contribution is 7.99. The first-order valence-corrected chi connectivity index (χ1v) is 10.1. The Balaban J connectivity index is 1.95. The maximum absolute atomic E-state index is 12.6. The standard InChI is InChI=1S/C23H19N3O3S/c1-3-29-23(28)17-13-15(2)25-22(18(17)14-24)30-20-12-8-7-11-19(20)26-21(27)16-9-5-4-6-10-16/h4-13H,3H2,1-2H3,(H,26,27). The van der Waals surface area contributed by atoms with Gasteiger partial charge >= 0.3 is 5.97 Å². The zero-order valence-corrected chi connectivity index (χ0v) is 17.3. The van der Waals surface area contributed by atoms with Gasteiger partial charge in [-0.15, -0.1) is 0 Å². The van der Waals surface area contributed by atoms with Crippen LogP contribution in [0.25, 0.3) is 0 Å². The number of nitrogens with one attached hydrogen (secondary N) is 1. The van der Waals surface area contributed by atoms with Crippen molar-refractivity contribution in [3.63, 3.8) is 0 Å². The molecule has 6 nitrogen and oxygen atoms in total. The first-order chi connectivity index (χ1) is 14.5. The Morgan fingerprint density at radius 3 is 2.53 bits per heavy atom. The van der Waals surface area contributed by atoms with Crippen LogP contribution in [0, 0.1) is 18.3 Å². The van der Waals surface area contributed by atoms with Crippen molar-refractivity contribution in [2.75, 3.05) is 11.9 Å². The number of pyridine rings is 1. The number of benzene rings is 2. The van der Waals surface area contributed by atoms with Crippen molar-refractivity contribution in [2.45, 2.75) is 23.8 Å². The minimum Gasteiger partial charge on any atom is -0.462 e. The molecular weight excluding hydrogens is 398 g/mol. The molecule has 1 aromatic heterocycles. The van der Waals surface area contributed by atoms with Gasteiger partial charge in [0.05, 0.1) is 23.4 Å². The van der Waals surface area contributed by atoms with Gasteiger partial charge in [-0.25, -0.2) is 9.78 Å². The van der Waals surface area contributed by atoms with E-state index in [2.05, 4.69) is 16.4 Å². The summed E-state index contributed by atoms with van der Waals surface area (Å²) in [5, 5.41) is 12.9. The van der Waals surface area contributed by atoms with Crippen LogP contribution in [-0.4, -0.2) is 23.5 Å². The van der Waals surface area contributed by atoms with Gasteiger partial charge in [-0.05, 0) is 44.2 Å². The molecule has 3 rings (SSSR count). The number of nitriles is 1. The van der Waals surface area contributed by atoms with Crippen LogP contribution in [0.4, 0.5) is 5.69 Å². The van der Waals surface area contributed by atoms with E-state index in [0.29, 0.717) is 26.9 Å². The smallest absolute Gasteiger partial charge is 0.339 e. The van der Waals surface area contributed by atoms with Gasteiger partial charge in [0.25, 0.3) is 5.91 Å². The third-order valence-corrected chi connectivity index (χ3v) is 5.16. The summed E-state index contributed by atoms with van der Waals surface area (Å²) in [6.45, 7) is 3.66. The Labute approximate surface area is 178 Å². The number of rotatable bonds is 6. The molecule has 0 aliphatic carbocycles. The number of carbonyl (C=O) groups is 2. The van der Waals surface area contributed by atoms with Crippen LogP contribution in [0.5, 0.6) is 0 Å². The van der Waals surface area contributed by atoms with Crippen LogP contribution in [0.1, 0.15) is 38.9 Å². The third kappa shape index (κ3) is 4.85. The SMILES string of the molecule is CCOC(=O)c1cc(C)nc(Sc2ccccc2NC(=O)c2ccccc2)c1C#N. The van der Waals surface area contributed by atoms with Crippen LogP contribution in [0.15, 0.2) is 70.6 Å². The Hall–Kier alpha value is -3.63. The highest BCUT2D eigenvalue weighted by Crippen LogP contribution is 2.35. The monoisotopic (exact) mass is 417 g/mol. The Morgan fingerprint density at radius 1 is 1.13 bits per heavy atom. The molecule has 1 amide bonds. The molecule has 0 fully saturated rings. The molecule has 30 heavy (non-hydrogen) atoms. The zero-order valence-electron chi connectivity index (χ0n) is 16.5. The number of ether oxygens (including phenoxy) is 1. The van der Waals surface area contributed by atoms with Gasteiger partial charge in [0.2, 0.25) is 0 Å². The largest absolute Gasteiger partial charge is 0.462 e. The maximum Gasteiger partial charge on any atom is 0.339 e. The number of hydrogen-bond acceptors (Lipinski definition) is 6. The first kappa shape index (κ1) is 21.1. The molecule has 0 atom stereocenters. The van der Waals surface area contributed by atoms with Crippen LogP contribution in [0.2, 0.25) is 0 Å². The quantitative estimate of drug-likeness (QED) is 0.577. The Kier molecular flexibility index (Phi) is 6.83. The molecule has 150 valence electrons. The molecule has 0 saturated heterocycles. The summed E-state index contributed by atoms with van der Waals surface area (Å²) in [6.07, 6.45) is 0. The lowest BCUT2D eigenvalue weighted by Gasteiger charge is -2.13. The van der Waals surface area contributed by atoms with Gasteiger partial charge < -0.3 is 10.1 Å². The average Bonchev–Trinajstić information content (AvgIpc) is 2.75. The fourth-order valence-electron chi connectivity index (χ4n) is 2.74. The number of aromatic nitrogens is 1. The summed E-state index contributed by atoms with van der Waals surface area (Å²) in [5.74, 6) is -0.805. The highest BCUT2D eigenvalue weighted by Gasteiger charge is 2.20. The van der Waals surface area contributed by atoms with Gasteiger partial charge in [0.15, 0.2) is 0 Å². The van der Waals surface area contributed by atoms with Crippen LogP contribution in [-0.2, 0) is 4.74 Å². The molecule has 0 aliphatic heterocycles. The molecule has 1 heterocycles. The van der Waals surface area contributed by atoms with E-state index in [0.717, 1.165) is 0 Å². The molecule has 7 heteroatoms. The maximum atomic E-state index is 12.6. The fraction of sp³-hybridized carbons (Fsp3) is 0.130. The molecule has 0 radical (unpaired) electrons. The summed E-state index contributed by atoms with van der Waals surface area (Å²) < 4.78 is 5.07. The van der Waals surface area contributed by atoms with E-state index >= 15 is 0 Å². The number of amides is 1. The van der Waals surface area contributed by atoms with E-state index in [9.17, 15) is 14.9 Å². The zero-order chi connectivity index (χ0) is 21.5. The third-order valence-electron chi connectivity index (χ3n) is 4.10. The van der Waals surface area contributed by atoms with Crippen molar-refractivity contribution in [2.24, 2.45) is 0 Å².